The standard InChI is InChI=1S/C14H27N.ClH/c1-13(2,3)12-4-6-14(7-5-12)8-10-15-11-9-14;/h12,15H,4-11H2,1-3H3;1H. The lowest BCUT2D eigenvalue weighted by atomic mass is 9.61. The fourth-order valence-electron chi connectivity index (χ4n) is 3.55. The maximum atomic E-state index is 3.50. The topological polar surface area (TPSA) is 12.0 Å². The van der Waals surface area contributed by atoms with E-state index in [1.807, 2.05) is 0 Å². The maximum Gasteiger partial charge on any atom is -0.00436 e. The van der Waals surface area contributed by atoms with Gasteiger partial charge in [0.2, 0.25) is 0 Å². The maximum absolute atomic E-state index is 3.50. The average Bonchev–Trinajstić information content (AvgIpc) is 2.18. The zero-order chi connectivity index (χ0) is 10.9. The summed E-state index contributed by atoms with van der Waals surface area (Å²) in [6.45, 7) is 9.77. The van der Waals surface area contributed by atoms with Crippen molar-refractivity contribution >= 4 is 12.4 Å². The molecular weight excluding hydrogens is 218 g/mol. The van der Waals surface area contributed by atoms with Gasteiger partial charge in [0.15, 0.2) is 0 Å². The largest absolute Gasteiger partial charge is 0.317 e. The number of hydrogen-bond acceptors (Lipinski definition) is 1. The van der Waals surface area contributed by atoms with Gasteiger partial charge >= 0.3 is 0 Å². The van der Waals surface area contributed by atoms with Gasteiger partial charge in [0.1, 0.15) is 0 Å². The number of nitrogens with one attached hydrogen (secondary N) is 1. The minimum atomic E-state index is 0. The summed E-state index contributed by atoms with van der Waals surface area (Å²) in [6, 6.07) is 0. The van der Waals surface area contributed by atoms with E-state index < -0.39 is 0 Å². The highest BCUT2D eigenvalue weighted by atomic mass is 35.5. The van der Waals surface area contributed by atoms with Crippen LogP contribution >= 0.6 is 12.4 Å². The molecule has 16 heavy (non-hydrogen) atoms. The molecule has 0 amide bonds. The Hall–Kier alpha value is 0.250. The Bertz CT molecular complexity index is 203. The van der Waals surface area contributed by atoms with E-state index in [0.717, 1.165) is 11.3 Å². The van der Waals surface area contributed by atoms with Gasteiger partial charge in [-0.3, -0.25) is 0 Å². The molecule has 1 spiro atoms. The van der Waals surface area contributed by atoms with Gasteiger partial charge in [-0.1, -0.05) is 20.8 Å². The Labute approximate surface area is 107 Å². The van der Waals surface area contributed by atoms with Gasteiger partial charge in [-0.2, -0.15) is 0 Å². The van der Waals surface area contributed by atoms with E-state index in [1.54, 1.807) is 0 Å². The van der Waals surface area contributed by atoms with Gasteiger partial charge < -0.3 is 5.32 Å². The molecule has 2 aliphatic rings. The Morgan fingerprint density at radius 1 is 0.938 bits per heavy atom. The van der Waals surface area contributed by atoms with Crippen molar-refractivity contribution in [1.29, 1.82) is 0 Å². The first-order valence-corrected chi connectivity index (χ1v) is 6.73. The summed E-state index contributed by atoms with van der Waals surface area (Å²) < 4.78 is 0. The van der Waals surface area contributed by atoms with Crippen LogP contribution in [0.15, 0.2) is 0 Å². The Morgan fingerprint density at radius 2 is 1.44 bits per heavy atom. The van der Waals surface area contributed by atoms with Crippen molar-refractivity contribution in [1.82, 2.24) is 5.32 Å². The summed E-state index contributed by atoms with van der Waals surface area (Å²) in [5, 5.41) is 3.50. The molecule has 96 valence electrons. The average molecular weight is 246 g/mol. The second kappa shape index (κ2) is 5.27. The molecule has 1 nitrogen and oxygen atoms in total. The molecule has 0 atom stereocenters. The van der Waals surface area contributed by atoms with Crippen molar-refractivity contribution in [3.8, 4) is 0 Å². The summed E-state index contributed by atoms with van der Waals surface area (Å²) in [5.74, 6) is 0.970. The van der Waals surface area contributed by atoms with Crippen LogP contribution in [-0.2, 0) is 0 Å². The molecule has 2 fully saturated rings. The molecule has 0 radical (unpaired) electrons. The lowest BCUT2D eigenvalue weighted by Gasteiger charge is -2.46. The quantitative estimate of drug-likeness (QED) is 0.680. The zero-order valence-electron chi connectivity index (χ0n) is 11.1. The van der Waals surface area contributed by atoms with Crippen molar-refractivity contribution in [2.45, 2.75) is 59.3 Å². The molecule has 1 aliphatic heterocycles. The van der Waals surface area contributed by atoms with Gasteiger partial charge in [0, 0.05) is 0 Å². The lowest BCUT2D eigenvalue weighted by molar-refractivity contribution is 0.0629. The molecule has 1 N–H and O–H groups in total. The van der Waals surface area contributed by atoms with Crippen LogP contribution in [0.25, 0.3) is 0 Å². The summed E-state index contributed by atoms with van der Waals surface area (Å²) in [5.41, 5.74) is 1.28. The fourth-order valence-corrected chi connectivity index (χ4v) is 3.55. The predicted octanol–water partition coefficient (Wildman–Crippen LogP) is 4.01. The van der Waals surface area contributed by atoms with Crippen molar-refractivity contribution in [2.24, 2.45) is 16.7 Å². The van der Waals surface area contributed by atoms with Crippen LogP contribution in [0.5, 0.6) is 0 Å². The zero-order valence-corrected chi connectivity index (χ0v) is 12.0. The third-order valence-corrected chi connectivity index (χ3v) is 4.94. The van der Waals surface area contributed by atoms with E-state index >= 15 is 0 Å². The Kier molecular flexibility index (Phi) is 4.71. The van der Waals surface area contributed by atoms with Crippen molar-refractivity contribution in [2.75, 3.05) is 13.1 Å². The van der Waals surface area contributed by atoms with Gasteiger partial charge in [0.05, 0.1) is 0 Å². The fraction of sp³-hybridized carbons (Fsp3) is 1.00. The molecule has 0 unspecified atom stereocenters. The first-order valence-electron chi connectivity index (χ1n) is 6.73. The SMILES string of the molecule is CC(C)(C)C1CCC2(CCNCC2)CC1.Cl. The third-order valence-electron chi connectivity index (χ3n) is 4.94. The van der Waals surface area contributed by atoms with Crippen LogP contribution in [0.4, 0.5) is 0 Å². The second-order valence-electron chi connectivity index (χ2n) is 6.89. The smallest absolute Gasteiger partial charge is 0.00436 e. The molecule has 1 saturated heterocycles. The molecule has 2 rings (SSSR count). The van der Waals surface area contributed by atoms with E-state index in [0.29, 0.717) is 5.41 Å². The van der Waals surface area contributed by atoms with Gasteiger partial charge in [-0.15, -0.1) is 12.4 Å². The van der Waals surface area contributed by atoms with Crippen LogP contribution in [0, 0.1) is 16.7 Å². The molecule has 2 heteroatoms. The highest BCUT2D eigenvalue weighted by Gasteiger charge is 2.38. The molecule has 0 aromatic carbocycles. The highest BCUT2D eigenvalue weighted by molar-refractivity contribution is 5.85. The van der Waals surface area contributed by atoms with Crippen LogP contribution in [0.2, 0.25) is 0 Å². The van der Waals surface area contributed by atoms with Gasteiger partial charge in [-0.05, 0) is 68.4 Å². The molecule has 1 aliphatic carbocycles. The lowest BCUT2D eigenvalue weighted by Crippen LogP contribution is -2.40. The van der Waals surface area contributed by atoms with Crippen LogP contribution in [0.3, 0.4) is 0 Å². The van der Waals surface area contributed by atoms with E-state index in [4.69, 9.17) is 0 Å². The van der Waals surface area contributed by atoms with Crippen molar-refractivity contribution < 1.29 is 0 Å². The molecule has 1 saturated carbocycles. The van der Waals surface area contributed by atoms with E-state index in [1.165, 1.54) is 51.6 Å². The van der Waals surface area contributed by atoms with Crippen LogP contribution in [-0.4, -0.2) is 13.1 Å². The van der Waals surface area contributed by atoms with Crippen LogP contribution in [0.1, 0.15) is 59.3 Å². The molecule has 0 aromatic rings. The number of piperidine rings is 1. The molecule has 0 aromatic heterocycles. The monoisotopic (exact) mass is 245 g/mol. The molecule has 0 bridgehead atoms. The number of halogens is 1. The predicted molar refractivity (Wildman–Crippen MR) is 73.2 cm³/mol. The van der Waals surface area contributed by atoms with Gasteiger partial charge in [0.25, 0.3) is 0 Å². The Balaban J connectivity index is 0.00000128. The summed E-state index contributed by atoms with van der Waals surface area (Å²) in [6.07, 6.45) is 8.81. The second-order valence-corrected chi connectivity index (χ2v) is 6.89. The highest BCUT2D eigenvalue weighted by Crippen LogP contribution is 2.49. The first-order chi connectivity index (χ1) is 7.02. The summed E-state index contributed by atoms with van der Waals surface area (Å²) in [4.78, 5) is 0. The van der Waals surface area contributed by atoms with E-state index in [2.05, 4.69) is 26.1 Å². The first kappa shape index (κ1) is 14.3. The number of rotatable bonds is 0. The van der Waals surface area contributed by atoms with Gasteiger partial charge in [-0.25, -0.2) is 0 Å². The minimum absolute atomic E-state index is 0. The van der Waals surface area contributed by atoms with Crippen molar-refractivity contribution in [3.05, 3.63) is 0 Å². The minimum Gasteiger partial charge on any atom is -0.317 e. The third kappa shape index (κ3) is 3.13. The molecule has 1 heterocycles. The number of hydrogen-bond donors (Lipinski definition) is 1. The van der Waals surface area contributed by atoms with Crippen LogP contribution < -0.4 is 5.32 Å². The Morgan fingerprint density at radius 3 is 1.88 bits per heavy atom. The van der Waals surface area contributed by atoms with E-state index in [9.17, 15) is 0 Å². The van der Waals surface area contributed by atoms with Crippen molar-refractivity contribution in [3.63, 3.8) is 0 Å². The molecular formula is C14H28ClN. The summed E-state index contributed by atoms with van der Waals surface area (Å²) >= 11 is 0. The van der Waals surface area contributed by atoms with E-state index in [-0.39, 0.29) is 12.4 Å². The normalized spacial score (nSPS) is 26.4. The summed E-state index contributed by atoms with van der Waals surface area (Å²) in [7, 11) is 0.